The Labute approximate surface area is 131 Å². The number of ketones is 1. The van der Waals surface area contributed by atoms with E-state index in [4.69, 9.17) is 0 Å². The van der Waals surface area contributed by atoms with Crippen LogP contribution in [0.2, 0.25) is 0 Å². The molecule has 2 aromatic carbocycles. The Kier molecular flexibility index (Phi) is 3.89. The van der Waals surface area contributed by atoms with Crippen LogP contribution in [0.1, 0.15) is 20.8 Å². The van der Waals surface area contributed by atoms with E-state index in [1.807, 2.05) is 24.3 Å². The van der Waals surface area contributed by atoms with E-state index < -0.39 is 11.7 Å². The number of Topliss-reactive ketones (excluding diaryl/α,β-unsaturated/α-hetero) is 1. The van der Waals surface area contributed by atoms with Gasteiger partial charge in [-0.2, -0.15) is 5.10 Å². The molecule has 0 aliphatic rings. The number of benzene rings is 2. The van der Waals surface area contributed by atoms with Crippen LogP contribution in [0, 0.1) is 5.82 Å². The molecule has 0 fully saturated rings. The number of fused-ring (bicyclic) bond motifs is 1. The number of aromatic nitrogens is 2. The maximum atomic E-state index is 12.8. The van der Waals surface area contributed by atoms with Crippen molar-refractivity contribution < 1.29 is 14.0 Å². The molecule has 0 aliphatic carbocycles. The van der Waals surface area contributed by atoms with Gasteiger partial charge >= 0.3 is 0 Å². The van der Waals surface area contributed by atoms with Crippen LogP contribution in [0.25, 0.3) is 10.9 Å². The van der Waals surface area contributed by atoms with Crippen LogP contribution in [0.5, 0.6) is 0 Å². The topological polar surface area (TPSA) is 64.0 Å². The van der Waals surface area contributed by atoms with Crippen LogP contribution in [-0.4, -0.2) is 28.0 Å². The summed E-state index contributed by atoms with van der Waals surface area (Å²) in [5, 5.41) is 7.49. The normalized spacial score (nSPS) is 10.7. The molecule has 1 aromatic heterocycles. The summed E-state index contributed by atoms with van der Waals surface area (Å²) >= 11 is 0. The number of hydrogen-bond acceptors (Lipinski definition) is 3. The van der Waals surface area contributed by atoms with Crippen molar-refractivity contribution in [3.63, 3.8) is 0 Å². The molecule has 0 aliphatic heterocycles. The second kappa shape index (κ2) is 6.00. The minimum absolute atomic E-state index is 0.169. The molecule has 0 spiro atoms. The number of hydrogen-bond donors (Lipinski definition) is 1. The molecule has 0 radical (unpaired) electrons. The van der Waals surface area contributed by atoms with E-state index in [0.717, 1.165) is 10.9 Å². The van der Waals surface area contributed by atoms with Crippen LogP contribution in [0.15, 0.2) is 48.5 Å². The molecule has 0 saturated heterocycles. The zero-order chi connectivity index (χ0) is 16.4. The number of carbonyl (C=O) groups is 2. The lowest BCUT2D eigenvalue weighted by Crippen LogP contribution is -2.29. The van der Waals surface area contributed by atoms with E-state index in [2.05, 4.69) is 10.4 Å². The molecule has 5 nitrogen and oxygen atoms in total. The highest BCUT2D eigenvalue weighted by atomic mass is 19.1. The number of halogens is 1. The number of amides is 1. The lowest BCUT2D eigenvalue weighted by atomic mass is 10.1. The van der Waals surface area contributed by atoms with Crippen molar-refractivity contribution in [1.29, 1.82) is 0 Å². The summed E-state index contributed by atoms with van der Waals surface area (Å²) in [5.41, 5.74) is 1.47. The van der Waals surface area contributed by atoms with Gasteiger partial charge < -0.3 is 5.32 Å². The minimum Gasteiger partial charge on any atom is -0.345 e. The maximum absolute atomic E-state index is 12.8. The molecule has 0 saturated carbocycles. The molecule has 0 unspecified atom stereocenters. The monoisotopic (exact) mass is 311 g/mol. The summed E-state index contributed by atoms with van der Waals surface area (Å²) < 4.78 is 14.5. The first-order valence-electron chi connectivity index (χ1n) is 7.05. The van der Waals surface area contributed by atoms with Crippen LogP contribution in [0.3, 0.4) is 0 Å². The Morgan fingerprint density at radius 1 is 1.13 bits per heavy atom. The number of para-hydroxylation sites is 1. The Morgan fingerprint density at radius 3 is 2.57 bits per heavy atom. The van der Waals surface area contributed by atoms with Crippen LogP contribution < -0.4 is 5.32 Å². The zero-order valence-corrected chi connectivity index (χ0v) is 12.4. The largest absolute Gasteiger partial charge is 0.345 e. The SMILES string of the molecule is Cn1nc(C(=O)CNC(=O)c2ccc(F)cc2)c2ccccc21. The van der Waals surface area contributed by atoms with Gasteiger partial charge in [0.2, 0.25) is 5.78 Å². The van der Waals surface area contributed by atoms with E-state index >= 15 is 0 Å². The van der Waals surface area contributed by atoms with Crippen molar-refractivity contribution in [3.05, 3.63) is 65.6 Å². The van der Waals surface area contributed by atoms with Crippen molar-refractivity contribution in [2.24, 2.45) is 7.05 Å². The van der Waals surface area contributed by atoms with Crippen LogP contribution >= 0.6 is 0 Å². The molecule has 0 bridgehead atoms. The summed E-state index contributed by atoms with van der Waals surface area (Å²) in [4.78, 5) is 24.3. The fraction of sp³-hybridized carbons (Fsp3) is 0.118. The molecule has 1 heterocycles. The summed E-state index contributed by atoms with van der Waals surface area (Å²) in [6.45, 7) is -0.169. The van der Waals surface area contributed by atoms with Crippen LogP contribution in [0.4, 0.5) is 4.39 Å². The van der Waals surface area contributed by atoms with Gasteiger partial charge in [0.15, 0.2) is 0 Å². The fourth-order valence-electron chi connectivity index (χ4n) is 2.37. The van der Waals surface area contributed by atoms with Gasteiger partial charge in [0.1, 0.15) is 11.5 Å². The quantitative estimate of drug-likeness (QED) is 0.752. The fourth-order valence-corrected chi connectivity index (χ4v) is 2.37. The van der Waals surface area contributed by atoms with Gasteiger partial charge in [-0.3, -0.25) is 14.3 Å². The van der Waals surface area contributed by atoms with E-state index in [1.165, 1.54) is 24.3 Å². The molecule has 23 heavy (non-hydrogen) atoms. The van der Waals surface area contributed by atoms with Crippen molar-refractivity contribution in [2.75, 3.05) is 6.54 Å². The number of aryl methyl sites for hydroxylation is 1. The smallest absolute Gasteiger partial charge is 0.251 e. The molecule has 116 valence electrons. The molecule has 1 amide bonds. The molecule has 1 N–H and O–H groups in total. The van der Waals surface area contributed by atoms with Crippen molar-refractivity contribution in [2.45, 2.75) is 0 Å². The molecular weight excluding hydrogens is 297 g/mol. The third-order valence-electron chi connectivity index (χ3n) is 3.54. The first-order chi connectivity index (χ1) is 11.1. The van der Waals surface area contributed by atoms with Gasteiger partial charge in [-0.1, -0.05) is 18.2 Å². The van der Waals surface area contributed by atoms with Gasteiger partial charge in [0.05, 0.1) is 12.1 Å². The lowest BCUT2D eigenvalue weighted by Gasteiger charge is -2.03. The summed E-state index contributed by atoms with van der Waals surface area (Å²) in [6.07, 6.45) is 0. The second-order valence-corrected chi connectivity index (χ2v) is 5.10. The molecule has 6 heteroatoms. The highest BCUT2D eigenvalue weighted by Gasteiger charge is 2.16. The molecule has 3 aromatic rings. The Balaban J connectivity index is 1.74. The van der Waals surface area contributed by atoms with Crippen molar-refractivity contribution in [3.8, 4) is 0 Å². The lowest BCUT2D eigenvalue weighted by molar-refractivity contribution is 0.0902. The van der Waals surface area contributed by atoms with Crippen LogP contribution in [-0.2, 0) is 7.05 Å². The van der Waals surface area contributed by atoms with Gasteiger partial charge in [0, 0.05) is 18.0 Å². The third kappa shape index (κ3) is 2.96. The Bertz CT molecular complexity index is 884. The number of carbonyl (C=O) groups excluding carboxylic acids is 2. The second-order valence-electron chi connectivity index (χ2n) is 5.10. The third-order valence-corrected chi connectivity index (χ3v) is 3.54. The van der Waals surface area contributed by atoms with Crippen molar-refractivity contribution >= 4 is 22.6 Å². The van der Waals surface area contributed by atoms with Gasteiger partial charge in [0.25, 0.3) is 5.91 Å². The average molecular weight is 311 g/mol. The number of nitrogens with zero attached hydrogens (tertiary/aromatic N) is 2. The summed E-state index contributed by atoms with van der Waals surface area (Å²) in [6, 6.07) is 12.5. The van der Waals surface area contributed by atoms with Crippen molar-refractivity contribution in [1.82, 2.24) is 15.1 Å². The first-order valence-corrected chi connectivity index (χ1v) is 7.05. The van der Waals surface area contributed by atoms with Gasteiger partial charge in [-0.25, -0.2) is 4.39 Å². The van der Waals surface area contributed by atoms with E-state index in [9.17, 15) is 14.0 Å². The highest BCUT2D eigenvalue weighted by Crippen LogP contribution is 2.17. The minimum atomic E-state index is -0.432. The maximum Gasteiger partial charge on any atom is 0.251 e. The summed E-state index contributed by atoms with van der Waals surface area (Å²) in [7, 11) is 1.76. The number of rotatable bonds is 4. The summed E-state index contributed by atoms with van der Waals surface area (Å²) in [5.74, 6) is -1.13. The predicted octanol–water partition coefficient (Wildman–Crippen LogP) is 2.33. The number of nitrogens with one attached hydrogen (secondary N) is 1. The molecular formula is C17H14FN3O2. The highest BCUT2D eigenvalue weighted by molar-refractivity contribution is 6.08. The molecule has 3 rings (SSSR count). The standard InChI is InChI=1S/C17H14FN3O2/c1-21-14-5-3-2-4-13(14)16(20-21)15(22)10-19-17(23)11-6-8-12(18)9-7-11/h2-9H,10H2,1H3,(H,19,23). The Hall–Kier alpha value is -3.02. The Morgan fingerprint density at radius 2 is 1.83 bits per heavy atom. The zero-order valence-electron chi connectivity index (χ0n) is 12.4. The van der Waals surface area contributed by atoms with E-state index in [0.29, 0.717) is 11.3 Å². The first kappa shape index (κ1) is 14.9. The van der Waals surface area contributed by atoms with E-state index in [1.54, 1.807) is 11.7 Å². The molecule has 0 atom stereocenters. The van der Waals surface area contributed by atoms with Gasteiger partial charge in [-0.15, -0.1) is 0 Å². The average Bonchev–Trinajstić information content (AvgIpc) is 2.90. The predicted molar refractivity (Wildman–Crippen MR) is 83.8 cm³/mol. The van der Waals surface area contributed by atoms with E-state index in [-0.39, 0.29) is 12.3 Å². The van der Waals surface area contributed by atoms with Gasteiger partial charge in [-0.05, 0) is 30.3 Å².